The van der Waals surface area contributed by atoms with Gasteiger partial charge in [0.2, 0.25) is 0 Å². The molecule has 1 aromatic carbocycles. The van der Waals surface area contributed by atoms with Crippen LogP contribution in [0.15, 0.2) is 30.5 Å². The third kappa shape index (κ3) is 3.48. The van der Waals surface area contributed by atoms with Gasteiger partial charge in [0.1, 0.15) is 23.8 Å². The second kappa shape index (κ2) is 6.44. The van der Waals surface area contributed by atoms with Crippen LogP contribution in [0, 0.1) is 5.82 Å². The molecule has 3 N–H and O–H groups in total. The summed E-state index contributed by atoms with van der Waals surface area (Å²) in [6, 6.07) is 6.82. The fraction of sp³-hybridized carbons (Fsp3) is 0.294. The third-order valence-corrected chi connectivity index (χ3v) is 5.07. The average Bonchev–Trinajstić information content (AvgIpc) is 3.35. The van der Waals surface area contributed by atoms with Gasteiger partial charge in [-0.1, -0.05) is 6.07 Å². The number of phenols is 1. The van der Waals surface area contributed by atoms with E-state index in [9.17, 15) is 14.3 Å². The molecule has 0 radical (unpaired) electrons. The number of rotatable bonds is 5. The monoisotopic (exact) mass is 360 g/mol. The van der Waals surface area contributed by atoms with E-state index in [0.29, 0.717) is 23.8 Å². The smallest absolute Gasteiger partial charge is 0.251 e. The van der Waals surface area contributed by atoms with Crippen molar-refractivity contribution in [1.29, 1.82) is 0 Å². The molecule has 1 saturated carbocycles. The first-order chi connectivity index (χ1) is 12.1. The quantitative estimate of drug-likeness (QED) is 0.712. The van der Waals surface area contributed by atoms with Crippen LogP contribution in [-0.4, -0.2) is 22.5 Å². The molecule has 25 heavy (non-hydrogen) atoms. The molecule has 1 aliphatic heterocycles. The number of nitrogens with zero attached hydrogens (tertiary/aromatic N) is 2. The lowest BCUT2D eigenvalue weighted by Crippen LogP contribution is -2.16. The Labute approximate surface area is 148 Å². The average molecular weight is 360 g/mol. The number of benzene rings is 1. The number of pyridine rings is 1. The summed E-state index contributed by atoms with van der Waals surface area (Å²) < 4.78 is 18.3. The van der Waals surface area contributed by atoms with E-state index >= 15 is 0 Å². The first kappa shape index (κ1) is 16.0. The van der Waals surface area contributed by atoms with E-state index in [1.807, 2.05) is 12.3 Å². The number of nitrogens with one attached hydrogen (secondary N) is 2. The van der Waals surface area contributed by atoms with Crippen LogP contribution in [0.5, 0.6) is 5.75 Å². The lowest BCUT2D eigenvalue weighted by molar-refractivity contribution is -0.117. The molecule has 2 aliphatic rings. The molecule has 0 spiro atoms. The van der Waals surface area contributed by atoms with Crippen molar-refractivity contribution in [2.75, 3.05) is 16.2 Å². The van der Waals surface area contributed by atoms with Crippen molar-refractivity contribution in [2.24, 2.45) is 0 Å². The van der Waals surface area contributed by atoms with Gasteiger partial charge in [-0.05, 0) is 48.1 Å². The number of halogens is 1. The minimum atomic E-state index is -0.571. The van der Waals surface area contributed by atoms with E-state index in [1.54, 1.807) is 0 Å². The van der Waals surface area contributed by atoms with Crippen LogP contribution in [0.3, 0.4) is 0 Å². The normalized spacial score (nSPS) is 16.8. The van der Waals surface area contributed by atoms with Crippen LogP contribution in [-0.2, 0) is 11.3 Å². The molecular formula is C17H17FN4O2S. The molecule has 1 aliphatic carbocycles. The lowest BCUT2D eigenvalue weighted by Gasteiger charge is -2.17. The minimum Gasteiger partial charge on any atom is -0.506 e. The Morgan fingerprint density at radius 1 is 1.40 bits per heavy atom. The molecule has 6 nitrogen and oxygen atoms in total. The molecule has 0 atom stereocenters. The van der Waals surface area contributed by atoms with Crippen LogP contribution < -0.4 is 14.3 Å². The summed E-state index contributed by atoms with van der Waals surface area (Å²) >= 11 is 0.965. The Morgan fingerprint density at radius 3 is 2.84 bits per heavy atom. The lowest BCUT2D eigenvalue weighted by atomic mass is 10.1. The highest BCUT2D eigenvalue weighted by atomic mass is 32.2. The molecule has 8 heteroatoms. The number of hydrogen-bond acceptors (Lipinski definition) is 6. The standard InChI is InChI=1S/C17H17FN4O2S/c18-13-5-10(6-14(23)17(13)22-9-16(24)21-25-22)7-19-15-4-3-12(8-20-15)11-1-2-11/h3-6,8,11,23H,1-2,7,9H2,(H,19,20)(H,21,24). The maximum Gasteiger partial charge on any atom is 0.251 e. The number of aromatic nitrogens is 1. The van der Waals surface area contributed by atoms with Gasteiger partial charge in [-0.2, -0.15) is 0 Å². The summed E-state index contributed by atoms with van der Waals surface area (Å²) in [5.41, 5.74) is 1.86. The van der Waals surface area contributed by atoms with Crippen LogP contribution in [0.2, 0.25) is 0 Å². The van der Waals surface area contributed by atoms with Gasteiger partial charge in [0, 0.05) is 12.7 Å². The summed E-state index contributed by atoms with van der Waals surface area (Å²) in [4.78, 5) is 15.6. The van der Waals surface area contributed by atoms with Gasteiger partial charge in [-0.25, -0.2) is 9.37 Å². The number of hydrogen-bond donors (Lipinski definition) is 3. The largest absolute Gasteiger partial charge is 0.506 e. The van der Waals surface area contributed by atoms with E-state index in [4.69, 9.17) is 0 Å². The predicted octanol–water partition coefficient (Wildman–Crippen LogP) is 2.92. The predicted molar refractivity (Wildman–Crippen MR) is 94.7 cm³/mol. The summed E-state index contributed by atoms with van der Waals surface area (Å²) in [5, 5.41) is 13.3. The van der Waals surface area contributed by atoms with Gasteiger partial charge < -0.3 is 10.4 Å². The molecule has 2 heterocycles. The van der Waals surface area contributed by atoms with Gasteiger partial charge >= 0.3 is 0 Å². The van der Waals surface area contributed by atoms with Crippen LogP contribution in [0.1, 0.15) is 29.9 Å². The molecule has 1 amide bonds. The first-order valence-electron chi connectivity index (χ1n) is 8.04. The van der Waals surface area contributed by atoms with Crippen molar-refractivity contribution in [3.8, 4) is 5.75 Å². The molecule has 1 saturated heterocycles. The highest BCUT2D eigenvalue weighted by Crippen LogP contribution is 2.40. The molecular weight excluding hydrogens is 343 g/mol. The highest BCUT2D eigenvalue weighted by Gasteiger charge is 2.26. The Kier molecular flexibility index (Phi) is 4.12. The fourth-order valence-electron chi connectivity index (χ4n) is 2.77. The third-order valence-electron chi connectivity index (χ3n) is 4.22. The maximum atomic E-state index is 14.4. The molecule has 4 rings (SSSR count). The number of anilines is 2. The zero-order valence-corrected chi connectivity index (χ0v) is 14.1. The number of amides is 1. The number of carbonyl (C=O) groups is 1. The van der Waals surface area contributed by atoms with Crippen molar-refractivity contribution in [3.63, 3.8) is 0 Å². The van der Waals surface area contributed by atoms with Gasteiger partial charge in [0.15, 0.2) is 5.82 Å². The topological polar surface area (TPSA) is 77.5 Å². The van der Waals surface area contributed by atoms with Gasteiger partial charge in [0.25, 0.3) is 5.91 Å². The Bertz CT molecular complexity index is 788. The Hall–Kier alpha value is -2.48. The maximum absolute atomic E-state index is 14.4. The van der Waals surface area contributed by atoms with E-state index < -0.39 is 5.82 Å². The Balaban J connectivity index is 1.44. The zero-order chi connectivity index (χ0) is 17.4. The van der Waals surface area contributed by atoms with Gasteiger partial charge in [-0.3, -0.25) is 13.8 Å². The van der Waals surface area contributed by atoms with Crippen molar-refractivity contribution >= 4 is 29.5 Å². The number of carbonyl (C=O) groups excluding carboxylic acids is 1. The molecule has 2 fully saturated rings. The molecule has 1 aromatic heterocycles. The molecule has 2 aromatic rings. The van der Waals surface area contributed by atoms with E-state index in [-0.39, 0.29) is 23.9 Å². The number of phenolic OH excluding ortho intramolecular Hbond substituents is 1. The Morgan fingerprint density at radius 2 is 2.24 bits per heavy atom. The summed E-state index contributed by atoms with van der Waals surface area (Å²) in [6.07, 6.45) is 4.33. The zero-order valence-electron chi connectivity index (χ0n) is 13.3. The summed E-state index contributed by atoms with van der Waals surface area (Å²) in [6.45, 7) is 0.342. The minimum absolute atomic E-state index is 0.00397. The van der Waals surface area contributed by atoms with Crippen molar-refractivity contribution in [2.45, 2.75) is 25.3 Å². The highest BCUT2D eigenvalue weighted by molar-refractivity contribution is 7.99. The summed E-state index contributed by atoms with van der Waals surface area (Å²) in [5.74, 6) is 0.370. The fourth-order valence-corrected chi connectivity index (χ4v) is 3.50. The summed E-state index contributed by atoms with van der Waals surface area (Å²) in [7, 11) is 0. The van der Waals surface area contributed by atoms with Crippen molar-refractivity contribution in [3.05, 3.63) is 47.4 Å². The first-order valence-corrected chi connectivity index (χ1v) is 8.82. The SMILES string of the molecule is O=C1CN(c2c(O)cc(CNc3ccc(C4CC4)cn3)cc2F)SN1. The van der Waals surface area contributed by atoms with E-state index in [0.717, 1.165) is 12.1 Å². The molecule has 130 valence electrons. The number of aromatic hydroxyl groups is 1. The van der Waals surface area contributed by atoms with Crippen LogP contribution in [0.25, 0.3) is 0 Å². The van der Waals surface area contributed by atoms with E-state index in [2.05, 4.69) is 21.1 Å². The second-order valence-electron chi connectivity index (χ2n) is 6.20. The van der Waals surface area contributed by atoms with E-state index in [1.165, 1.54) is 34.8 Å². The van der Waals surface area contributed by atoms with Crippen molar-refractivity contribution in [1.82, 2.24) is 9.71 Å². The van der Waals surface area contributed by atoms with Gasteiger partial charge in [-0.15, -0.1) is 0 Å². The second-order valence-corrected chi connectivity index (χ2v) is 7.03. The van der Waals surface area contributed by atoms with Gasteiger partial charge in [0.05, 0.1) is 12.1 Å². The van der Waals surface area contributed by atoms with Crippen LogP contribution in [0.4, 0.5) is 15.9 Å². The molecule has 0 bridgehead atoms. The van der Waals surface area contributed by atoms with Crippen molar-refractivity contribution < 1.29 is 14.3 Å². The molecule has 0 unspecified atom stereocenters. The van der Waals surface area contributed by atoms with Crippen LogP contribution >= 0.6 is 12.1 Å².